The van der Waals surface area contributed by atoms with E-state index in [1.807, 2.05) is 0 Å². The molecule has 0 fully saturated rings. The lowest BCUT2D eigenvalue weighted by Crippen LogP contribution is -2.22. The highest BCUT2D eigenvalue weighted by molar-refractivity contribution is 5.72. The summed E-state index contributed by atoms with van der Waals surface area (Å²) in [6.07, 6.45) is -0.919. The van der Waals surface area contributed by atoms with Gasteiger partial charge in [0.2, 0.25) is 0 Å². The zero-order valence-corrected chi connectivity index (χ0v) is 8.02. The third-order valence-corrected chi connectivity index (χ3v) is 1.84. The molecule has 14 heavy (non-hydrogen) atoms. The van der Waals surface area contributed by atoms with Crippen molar-refractivity contribution in [1.29, 1.82) is 0 Å². The molecule has 4 heteroatoms. The molecule has 1 aromatic carbocycles. The van der Waals surface area contributed by atoms with Crippen LogP contribution in [-0.4, -0.2) is 22.3 Å². The van der Waals surface area contributed by atoms with Gasteiger partial charge >= 0.3 is 5.97 Å². The number of carboxylic acids is 1. The van der Waals surface area contributed by atoms with E-state index in [9.17, 15) is 9.90 Å². The fourth-order valence-corrected chi connectivity index (χ4v) is 0.917. The Hall–Kier alpha value is -1.71. The van der Waals surface area contributed by atoms with Gasteiger partial charge in [-0.15, -0.1) is 0 Å². The zero-order valence-electron chi connectivity index (χ0n) is 8.02. The number of aryl methyl sites for hydroxylation is 1. The number of carboxylic acid groups (broad SMARTS) is 1. The molecule has 0 aliphatic heterocycles. The predicted octanol–water partition coefficient (Wildman–Crippen LogP) is 1.55. The summed E-state index contributed by atoms with van der Waals surface area (Å²) in [5.41, 5.74) is 0.723. The molecule has 4 nitrogen and oxygen atoms in total. The maximum atomic E-state index is 10.5. The lowest BCUT2D eigenvalue weighted by Gasteiger charge is -2.10. The first-order valence-corrected chi connectivity index (χ1v) is 4.20. The first-order valence-electron chi connectivity index (χ1n) is 4.20. The van der Waals surface area contributed by atoms with Gasteiger partial charge in [-0.3, -0.25) is 0 Å². The Labute approximate surface area is 81.8 Å². The van der Waals surface area contributed by atoms with E-state index in [-0.39, 0.29) is 5.75 Å². The van der Waals surface area contributed by atoms with Crippen LogP contribution in [0.3, 0.4) is 0 Å². The standard InChI is InChI=1S/C10H12O4/c1-6-3-4-8(5-9(6)11)14-7(2)10(12)13/h3-5,7,11H,1-2H3,(H,12,13). The van der Waals surface area contributed by atoms with Crippen molar-refractivity contribution in [2.24, 2.45) is 0 Å². The number of hydrogen-bond donors (Lipinski definition) is 2. The third kappa shape index (κ3) is 2.39. The molecule has 2 N–H and O–H groups in total. The lowest BCUT2D eigenvalue weighted by molar-refractivity contribution is -0.144. The predicted molar refractivity (Wildman–Crippen MR) is 50.6 cm³/mol. The fraction of sp³-hybridized carbons (Fsp3) is 0.300. The van der Waals surface area contributed by atoms with Crippen LogP contribution in [0.25, 0.3) is 0 Å². The van der Waals surface area contributed by atoms with Gasteiger partial charge in [0, 0.05) is 6.07 Å². The summed E-state index contributed by atoms with van der Waals surface area (Å²) >= 11 is 0. The molecular formula is C10H12O4. The van der Waals surface area contributed by atoms with Crippen LogP contribution >= 0.6 is 0 Å². The molecule has 0 saturated heterocycles. The van der Waals surface area contributed by atoms with Crippen LogP contribution in [0.4, 0.5) is 0 Å². The summed E-state index contributed by atoms with van der Waals surface area (Å²) in [6.45, 7) is 3.18. The Bertz CT molecular complexity index is 346. The number of ether oxygens (including phenoxy) is 1. The van der Waals surface area contributed by atoms with Crippen LogP contribution in [0.5, 0.6) is 11.5 Å². The van der Waals surface area contributed by atoms with E-state index < -0.39 is 12.1 Å². The molecule has 0 radical (unpaired) electrons. The molecule has 0 saturated carbocycles. The number of phenols is 1. The minimum atomic E-state index is -1.04. The van der Waals surface area contributed by atoms with Crippen molar-refractivity contribution in [3.63, 3.8) is 0 Å². The highest BCUT2D eigenvalue weighted by Crippen LogP contribution is 2.23. The summed E-state index contributed by atoms with van der Waals surface area (Å²) in [7, 11) is 0. The van der Waals surface area contributed by atoms with Crippen molar-refractivity contribution in [3.05, 3.63) is 23.8 Å². The van der Waals surface area contributed by atoms with E-state index >= 15 is 0 Å². The van der Waals surface area contributed by atoms with E-state index in [2.05, 4.69) is 0 Å². The van der Waals surface area contributed by atoms with Crippen molar-refractivity contribution < 1.29 is 19.7 Å². The molecule has 0 aliphatic rings. The van der Waals surface area contributed by atoms with E-state index in [1.54, 1.807) is 19.1 Å². The largest absolute Gasteiger partial charge is 0.508 e. The highest BCUT2D eigenvalue weighted by Gasteiger charge is 2.12. The second-order valence-electron chi connectivity index (χ2n) is 3.05. The number of aromatic hydroxyl groups is 1. The molecule has 1 rings (SSSR count). The molecule has 0 bridgehead atoms. The van der Waals surface area contributed by atoms with Gasteiger partial charge in [0.15, 0.2) is 6.10 Å². The van der Waals surface area contributed by atoms with Gasteiger partial charge in [-0.05, 0) is 25.5 Å². The lowest BCUT2D eigenvalue weighted by atomic mass is 10.2. The van der Waals surface area contributed by atoms with Gasteiger partial charge < -0.3 is 14.9 Å². The van der Waals surface area contributed by atoms with Gasteiger partial charge in [-0.25, -0.2) is 4.79 Å². The normalized spacial score (nSPS) is 12.1. The molecular weight excluding hydrogens is 184 g/mol. The summed E-state index contributed by atoms with van der Waals surface area (Å²) in [6, 6.07) is 4.68. The van der Waals surface area contributed by atoms with E-state index in [4.69, 9.17) is 9.84 Å². The average Bonchev–Trinajstić information content (AvgIpc) is 2.11. The maximum Gasteiger partial charge on any atom is 0.344 e. The van der Waals surface area contributed by atoms with Crippen molar-refractivity contribution in [3.8, 4) is 11.5 Å². The van der Waals surface area contributed by atoms with E-state index in [1.165, 1.54) is 13.0 Å². The molecule has 76 valence electrons. The second kappa shape index (κ2) is 4.00. The highest BCUT2D eigenvalue weighted by atomic mass is 16.5. The first kappa shape index (κ1) is 10.4. The molecule has 0 amide bonds. The quantitative estimate of drug-likeness (QED) is 0.769. The molecule has 1 aromatic rings. The second-order valence-corrected chi connectivity index (χ2v) is 3.05. The zero-order chi connectivity index (χ0) is 10.7. The Morgan fingerprint density at radius 3 is 2.64 bits per heavy atom. The molecule has 0 spiro atoms. The van der Waals surface area contributed by atoms with Gasteiger partial charge in [-0.2, -0.15) is 0 Å². The monoisotopic (exact) mass is 196 g/mol. The van der Waals surface area contributed by atoms with Crippen LogP contribution in [0, 0.1) is 6.92 Å². The van der Waals surface area contributed by atoms with Gasteiger partial charge in [0.25, 0.3) is 0 Å². The molecule has 1 atom stereocenters. The molecule has 0 aliphatic carbocycles. The number of phenolic OH excluding ortho intramolecular Hbond substituents is 1. The Morgan fingerprint density at radius 1 is 1.50 bits per heavy atom. The minimum absolute atomic E-state index is 0.0973. The number of carbonyl (C=O) groups is 1. The van der Waals surface area contributed by atoms with Gasteiger partial charge in [-0.1, -0.05) is 6.07 Å². The van der Waals surface area contributed by atoms with E-state index in [0.29, 0.717) is 5.75 Å². The fourth-order valence-electron chi connectivity index (χ4n) is 0.917. The Balaban J connectivity index is 2.78. The Kier molecular flexibility index (Phi) is 2.96. The Morgan fingerprint density at radius 2 is 2.14 bits per heavy atom. The number of rotatable bonds is 3. The van der Waals surface area contributed by atoms with Crippen LogP contribution in [0.15, 0.2) is 18.2 Å². The third-order valence-electron chi connectivity index (χ3n) is 1.84. The van der Waals surface area contributed by atoms with Crippen LogP contribution in [0.1, 0.15) is 12.5 Å². The SMILES string of the molecule is Cc1ccc(OC(C)C(=O)O)cc1O. The summed E-state index contributed by atoms with van der Waals surface area (Å²) < 4.78 is 5.05. The van der Waals surface area contributed by atoms with E-state index in [0.717, 1.165) is 5.56 Å². The summed E-state index contributed by atoms with van der Waals surface area (Å²) in [5, 5.41) is 17.9. The average molecular weight is 196 g/mol. The minimum Gasteiger partial charge on any atom is -0.508 e. The summed E-state index contributed by atoms with van der Waals surface area (Å²) in [5.74, 6) is -0.590. The van der Waals surface area contributed by atoms with Crippen molar-refractivity contribution in [2.75, 3.05) is 0 Å². The van der Waals surface area contributed by atoms with Crippen molar-refractivity contribution in [2.45, 2.75) is 20.0 Å². The number of hydrogen-bond acceptors (Lipinski definition) is 3. The first-order chi connectivity index (χ1) is 6.50. The van der Waals surface area contributed by atoms with Gasteiger partial charge in [0.1, 0.15) is 11.5 Å². The van der Waals surface area contributed by atoms with Gasteiger partial charge in [0.05, 0.1) is 0 Å². The van der Waals surface area contributed by atoms with Crippen LogP contribution in [0.2, 0.25) is 0 Å². The summed E-state index contributed by atoms with van der Waals surface area (Å²) in [4.78, 5) is 10.5. The van der Waals surface area contributed by atoms with Crippen molar-refractivity contribution in [1.82, 2.24) is 0 Å². The maximum absolute atomic E-state index is 10.5. The topological polar surface area (TPSA) is 66.8 Å². The molecule has 0 aromatic heterocycles. The molecule has 1 unspecified atom stereocenters. The van der Waals surface area contributed by atoms with Crippen molar-refractivity contribution >= 4 is 5.97 Å². The number of aliphatic carboxylic acids is 1. The van der Waals surface area contributed by atoms with Crippen LogP contribution < -0.4 is 4.74 Å². The van der Waals surface area contributed by atoms with Crippen LogP contribution in [-0.2, 0) is 4.79 Å². The number of benzene rings is 1. The smallest absolute Gasteiger partial charge is 0.344 e. The molecule has 0 heterocycles.